The number of carbonyl (C=O) groups excluding carboxylic acids is 1. The third-order valence-corrected chi connectivity index (χ3v) is 3.03. The van der Waals surface area contributed by atoms with Gasteiger partial charge < -0.3 is 11.1 Å². The standard InChI is InChI=1S/C15H12ClN3O/c1-9-3-2-4-14(13(9)8-17)19-15(20)10-5-11(16)7-12(18)6-10/h2-7H,18H2,1H3,(H,19,20). The number of amides is 1. The zero-order chi connectivity index (χ0) is 14.7. The second-order valence-electron chi connectivity index (χ2n) is 4.34. The number of aryl methyl sites for hydroxylation is 1. The van der Waals surface area contributed by atoms with Gasteiger partial charge in [0.15, 0.2) is 0 Å². The van der Waals surface area contributed by atoms with Crippen LogP contribution < -0.4 is 11.1 Å². The predicted octanol–water partition coefficient (Wildman–Crippen LogP) is 3.35. The van der Waals surface area contributed by atoms with Gasteiger partial charge >= 0.3 is 0 Å². The zero-order valence-corrected chi connectivity index (χ0v) is 11.5. The fourth-order valence-corrected chi connectivity index (χ4v) is 2.10. The number of hydrogen-bond donors (Lipinski definition) is 2. The minimum Gasteiger partial charge on any atom is -0.399 e. The summed E-state index contributed by atoms with van der Waals surface area (Å²) in [5.74, 6) is -0.360. The van der Waals surface area contributed by atoms with Crippen molar-refractivity contribution in [3.05, 3.63) is 58.1 Å². The first-order valence-corrected chi connectivity index (χ1v) is 6.26. The summed E-state index contributed by atoms with van der Waals surface area (Å²) in [7, 11) is 0. The van der Waals surface area contributed by atoms with Crippen molar-refractivity contribution in [1.82, 2.24) is 0 Å². The van der Waals surface area contributed by atoms with Crippen LogP contribution >= 0.6 is 11.6 Å². The Bertz CT molecular complexity index is 699. The van der Waals surface area contributed by atoms with E-state index >= 15 is 0 Å². The maximum absolute atomic E-state index is 12.2. The lowest BCUT2D eigenvalue weighted by Crippen LogP contribution is -2.13. The van der Waals surface area contributed by atoms with E-state index in [0.717, 1.165) is 5.56 Å². The Kier molecular flexibility index (Phi) is 3.92. The molecule has 4 nitrogen and oxygen atoms in total. The molecule has 0 heterocycles. The number of halogens is 1. The Morgan fingerprint density at radius 1 is 1.35 bits per heavy atom. The van der Waals surface area contributed by atoms with Crippen LogP contribution in [0.1, 0.15) is 21.5 Å². The van der Waals surface area contributed by atoms with Crippen molar-refractivity contribution in [2.75, 3.05) is 11.1 Å². The van der Waals surface area contributed by atoms with Crippen LogP contribution in [0.3, 0.4) is 0 Å². The van der Waals surface area contributed by atoms with Gasteiger partial charge in [-0.25, -0.2) is 0 Å². The largest absolute Gasteiger partial charge is 0.399 e. The van der Waals surface area contributed by atoms with Gasteiger partial charge in [0, 0.05) is 16.3 Å². The number of nitrogens with zero attached hydrogens (tertiary/aromatic N) is 1. The van der Waals surface area contributed by atoms with E-state index in [-0.39, 0.29) is 5.91 Å². The summed E-state index contributed by atoms with van der Waals surface area (Å²) in [5, 5.41) is 12.2. The quantitative estimate of drug-likeness (QED) is 0.831. The van der Waals surface area contributed by atoms with Gasteiger partial charge in [0.05, 0.1) is 11.3 Å². The number of benzene rings is 2. The van der Waals surface area contributed by atoms with Crippen molar-refractivity contribution >= 4 is 28.9 Å². The fourth-order valence-electron chi connectivity index (χ4n) is 1.86. The molecule has 2 rings (SSSR count). The third kappa shape index (κ3) is 2.90. The molecule has 100 valence electrons. The lowest BCUT2D eigenvalue weighted by atomic mass is 10.1. The van der Waals surface area contributed by atoms with E-state index in [1.807, 2.05) is 13.0 Å². The Morgan fingerprint density at radius 2 is 2.10 bits per heavy atom. The van der Waals surface area contributed by atoms with Gasteiger partial charge in [-0.2, -0.15) is 5.26 Å². The first-order chi connectivity index (χ1) is 9.51. The predicted molar refractivity (Wildman–Crippen MR) is 79.7 cm³/mol. The molecular formula is C15H12ClN3O. The highest BCUT2D eigenvalue weighted by atomic mass is 35.5. The Hall–Kier alpha value is -2.51. The van der Waals surface area contributed by atoms with Crippen LogP contribution in [0.15, 0.2) is 36.4 Å². The highest BCUT2D eigenvalue weighted by Gasteiger charge is 2.11. The molecule has 0 unspecified atom stereocenters. The maximum atomic E-state index is 12.2. The van der Waals surface area contributed by atoms with E-state index < -0.39 is 0 Å². The molecule has 0 aliphatic carbocycles. The van der Waals surface area contributed by atoms with Crippen LogP contribution in [0, 0.1) is 18.3 Å². The second kappa shape index (κ2) is 5.64. The number of nitriles is 1. The van der Waals surface area contributed by atoms with Gasteiger partial charge in [0.1, 0.15) is 6.07 Å². The van der Waals surface area contributed by atoms with Crippen molar-refractivity contribution in [3.8, 4) is 6.07 Å². The van der Waals surface area contributed by atoms with E-state index in [4.69, 9.17) is 22.6 Å². The molecule has 0 aliphatic rings. The molecule has 20 heavy (non-hydrogen) atoms. The average molecular weight is 286 g/mol. The maximum Gasteiger partial charge on any atom is 0.255 e. The van der Waals surface area contributed by atoms with Gasteiger partial charge in [-0.05, 0) is 36.8 Å². The molecule has 0 aromatic heterocycles. The van der Waals surface area contributed by atoms with Crippen LogP contribution in [0.2, 0.25) is 5.02 Å². The summed E-state index contributed by atoms with van der Waals surface area (Å²) in [4.78, 5) is 12.2. The number of rotatable bonds is 2. The number of anilines is 2. The molecular weight excluding hydrogens is 274 g/mol. The Balaban J connectivity index is 2.33. The fraction of sp³-hybridized carbons (Fsp3) is 0.0667. The first-order valence-electron chi connectivity index (χ1n) is 5.88. The van der Waals surface area contributed by atoms with Gasteiger partial charge in [0.2, 0.25) is 0 Å². The molecule has 0 aliphatic heterocycles. The van der Waals surface area contributed by atoms with Crippen molar-refractivity contribution in [3.63, 3.8) is 0 Å². The normalized spacial score (nSPS) is 9.85. The summed E-state index contributed by atoms with van der Waals surface area (Å²) in [6.07, 6.45) is 0. The third-order valence-electron chi connectivity index (χ3n) is 2.82. The van der Waals surface area contributed by atoms with Crippen LogP contribution in [0.4, 0.5) is 11.4 Å². The smallest absolute Gasteiger partial charge is 0.255 e. The minimum absolute atomic E-state index is 0.348. The summed E-state index contributed by atoms with van der Waals surface area (Å²) in [6, 6.07) is 12.0. The van der Waals surface area contributed by atoms with Gasteiger partial charge in [-0.3, -0.25) is 4.79 Å². The molecule has 0 fully saturated rings. The lowest BCUT2D eigenvalue weighted by molar-refractivity contribution is 0.102. The van der Waals surface area contributed by atoms with E-state index in [1.165, 1.54) is 12.1 Å². The molecule has 0 saturated carbocycles. The van der Waals surface area contributed by atoms with Crippen LogP contribution in [0.5, 0.6) is 0 Å². The molecule has 0 bridgehead atoms. The van der Waals surface area contributed by atoms with Gasteiger partial charge in [-0.15, -0.1) is 0 Å². The molecule has 0 spiro atoms. The molecule has 2 aromatic carbocycles. The van der Waals surface area contributed by atoms with E-state index in [0.29, 0.717) is 27.5 Å². The highest BCUT2D eigenvalue weighted by molar-refractivity contribution is 6.31. The van der Waals surface area contributed by atoms with Crippen molar-refractivity contribution in [2.45, 2.75) is 6.92 Å². The van der Waals surface area contributed by atoms with E-state index in [2.05, 4.69) is 11.4 Å². The molecule has 3 N–H and O–H groups in total. The van der Waals surface area contributed by atoms with Crippen LogP contribution in [-0.2, 0) is 0 Å². The molecule has 0 atom stereocenters. The molecule has 1 amide bonds. The van der Waals surface area contributed by atoms with Crippen LogP contribution in [0.25, 0.3) is 0 Å². The van der Waals surface area contributed by atoms with E-state index in [1.54, 1.807) is 18.2 Å². The highest BCUT2D eigenvalue weighted by Crippen LogP contribution is 2.21. The number of nitrogens with one attached hydrogen (secondary N) is 1. The number of carbonyl (C=O) groups is 1. The summed E-state index contributed by atoms with van der Waals surface area (Å²) in [6.45, 7) is 1.81. The number of nitrogens with two attached hydrogens (primary N) is 1. The Labute approximate surface area is 121 Å². The van der Waals surface area contributed by atoms with Gasteiger partial charge in [0.25, 0.3) is 5.91 Å². The first kappa shape index (κ1) is 13.9. The number of nitrogen functional groups attached to an aromatic ring is 1. The summed E-state index contributed by atoms with van der Waals surface area (Å²) >= 11 is 5.87. The topological polar surface area (TPSA) is 78.9 Å². The zero-order valence-electron chi connectivity index (χ0n) is 10.8. The van der Waals surface area contributed by atoms with Crippen LogP contribution in [-0.4, -0.2) is 5.91 Å². The molecule has 0 radical (unpaired) electrons. The summed E-state index contributed by atoms with van der Waals surface area (Å²) in [5.41, 5.74) is 8.12. The SMILES string of the molecule is Cc1cccc(NC(=O)c2cc(N)cc(Cl)c2)c1C#N. The minimum atomic E-state index is -0.360. The molecule has 2 aromatic rings. The number of hydrogen-bond acceptors (Lipinski definition) is 3. The summed E-state index contributed by atoms with van der Waals surface area (Å²) < 4.78 is 0. The van der Waals surface area contributed by atoms with Crippen molar-refractivity contribution in [1.29, 1.82) is 5.26 Å². The van der Waals surface area contributed by atoms with E-state index in [9.17, 15) is 4.79 Å². The van der Waals surface area contributed by atoms with Crippen molar-refractivity contribution < 1.29 is 4.79 Å². The molecule has 0 saturated heterocycles. The molecule has 5 heteroatoms. The monoisotopic (exact) mass is 285 g/mol. The second-order valence-corrected chi connectivity index (χ2v) is 4.77. The van der Waals surface area contributed by atoms with Crippen molar-refractivity contribution in [2.24, 2.45) is 0 Å². The average Bonchev–Trinajstić information content (AvgIpc) is 2.37. The van der Waals surface area contributed by atoms with Gasteiger partial charge in [-0.1, -0.05) is 23.7 Å². The lowest BCUT2D eigenvalue weighted by Gasteiger charge is -2.09. The Morgan fingerprint density at radius 3 is 2.75 bits per heavy atom.